The second-order valence-corrected chi connectivity index (χ2v) is 10.3. The highest BCUT2D eigenvalue weighted by Crippen LogP contribution is 2.62. The third kappa shape index (κ3) is 3.68. The van der Waals surface area contributed by atoms with Gasteiger partial charge >= 0.3 is 0 Å². The first kappa shape index (κ1) is 21.0. The van der Waals surface area contributed by atoms with Gasteiger partial charge in [0, 0.05) is 11.8 Å². The van der Waals surface area contributed by atoms with Crippen molar-refractivity contribution >= 4 is 5.78 Å². The monoisotopic (exact) mass is 400 g/mol. The molecule has 2 fully saturated rings. The molecule has 3 N–H and O–H groups in total. The summed E-state index contributed by atoms with van der Waals surface area (Å²) in [6.45, 7) is 6.07. The molecule has 0 heterocycles. The van der Waals surface area contributed by atoms with Crippen molar-refractivity contribution in [3.63, 3.8) is 0 Å². The Labute approximate surface area is 174 Å². The van der Waals surface area contributed by atoms with Gasteiger partial charge in [-0.25, -0.2) is 0 Å². The van der Waals surface area contributed by atoms with Crippen molar-refractivity contribution in [2.24, 2.45) is 29.1 Å². The van der Waals surface area contributed by atoms with Crippen LogP contribution in [0.15, 0.2) is 34.9 Å². The highest BCUT2D eigenvalue weighted by Gasteiger charge is 2.53. The highest BCUT2D eigenvalue weighted by molar-refractivity contribution is 5.93. The summed E-state index contributed by atoms with van der Waals surface area (Å²) in [5.74, 6) is 1.27. The Kier molecular flexibility index (Phi) is 5.65. The van der Waals surface area contributed by atoms with Crippen LogP contribution in [-0.4, -0.2) is 39.4 Å². The van der Waals surface area contributed by atoms with E-state index in [0.717, 1.165) is 32.1 Å². The molecule has 0 aromatic rings. The van der Waals surface area contributed by atoms with Crippen molar-refractivity contribution in [3.8, 4) is 0 Å². The maximum absolute atomic E-state index is 13.0. The molecule has 0 radical (unpaired) electrons. The van der Waals surface area contributed by atoms with Crippen LogP contribution in [0.25, 0.3) is 0 Å². The van der Waals surface area contributed by atoms with Crippen molar-refractivity contribution in [3.05, 3.63) is 34.9 Å². The van der Waals surface area contributed by atoms with E-state index in [0.29, 0.717) is 30.6 Å². The van der Waals surface area contributed by atoms with Gasteiger partial charge in [-0.15, -0.1) is 0 Å². The number of carbonyl (C=O) groups is 1. The van der Waals surface area contributed by atoms with Gasteiger partial charge in [0.15, 0.2) is 5.78 Å². The average Bonchev–Trinajstić information content (AvgIpc) is 2.80. The van der Waals surface area contributed by atoms with Crippen LogP contribution in [0.3, 0.4) is 0 Å². The topological polar surface area (TPSA) is 77.8 Å². The van der Waals surface area contributed by atoms with Crippen LogP contribution in [0.5, 0.6) is 0 Å². The number of hydrogen-bond acceptors (Lipinski definition) is 4. The molecule has 0 aromatic heterocycles. The summed E-state index contributed by atoms with van der Waals surface area (Å²) in [6, 6.07) is 0. The SMILES string of the molecule is C/C(=C\[C@@H](O)[C@H](C)O)[C@H]1CC[C@H]2C3=CC(=O)[C@H]4CC(=CC[C@@H](O)C4)[C@H]3CC[C@]12C. The summed E-state index contributed by atoms with van der Waals surface area (Å²) < 4.78 is 0. The zero-order valence-electron chi connectivity index (χ0n) is 18.0. The lowest BCUT2D eigenvalue weighted by molar-refractivity contribution is -0.119. The lowest BCUT2D eigenvalue weighted by Crippen LogP contribution is -2.37. The number of carbonyl (C=O) groups excluding carboxylic acids is 1. The third-order valence-electron chi connectivity index (χ3n) is 8.44. The van der Waals surface area contributed by atoms with Crippen LogP contribution in [0.4, 0.5) is 0 Å². The molecule has 0 saturated heterocycles. The van der Waals surface area contributed by atoms with E-state index in [-0.39, 0.29) is 17.1 Å². The summed E-state index contributed by atoms with van der Waals surface area (Å²) in [5, 5.41) is 30.0. The Bertz CT molecular complexity index is 761. The van der Waals surface area contributed by atoms with Gasteiger partial charge in [0.2, 0.25) is 0 Å². The number of aliphatic hydroxyl groups is 3. The standard InChI is InChI=1S/C25H36O4/c1-14(10-23(28)15(2)26)21-6-7-22-20-13-24(29)17-11-16(4-5-18(27)12-17)19(20)8-9-25(21,22)3/h4,10,13,15,17-19,21-23,26-28H,5-9,11-12H2,1-3H3/b14-10+/t15-,17-,18+,19+,21+,22-,23+,25+/m0/s1. The van der Waals surface area contributed by atoms with Gasteiger partial charge in [0.1, 0.15) is 0 Å². The quantitative estimate of drug-likeness (QED) is 0.631. The molecule has 2 saturated carbocycles. The Morgan fingerprint density at radius 3 is 2.76 bits per heavy atom. The summed E-state index contributed by atoms with van der Waals surface area (Å²) >= 11 is 0. The van der Waals surface area contributed by atoms with Crippen molar-refractivity contribution in [2.45, 2.75) is 84.0 Å². The van der Waals surface area contributed by atoms with Crippen LogP contribution < -0.4 is 0 Å². The van der Waals surface area contributed by atoms with E-state index in [2.05, 4.69) is 19.9 Å². The van der Waals surface area contributed by atoms with E-state index in [1.54, 1.807) is 6.92 Å². The predicted molar refractivity (Wildman–Crippen MR) is 113 cm³/mol. The Hall–Kier alpha value is -1.23. The van der Waals surface area contributed by atoms with Gasteiger partial charge in [-0.1, -0.05) is 35.8 Å². The first-order valence-electron chi connectivity index (χ1n) is 11.4. The van der Waals surface area contributed by atoms with E-state index < -0.39 is 18.3 Å². The van der Waals surface area contributed by atoms with Crippen LogP contribution in [0.1, 0.15) is 65.7 Å². The highest BCUT2D eigenvalue weighted by atomic mass is 16.3. The lowest BCUT2D eigenvalue weighted by atomic mass is 9.58. The molecule has 160 valence electrons. The molecule has 2 bridgehead atoms. The van der Waals surface area contributed by atoms with Gasteiger partial charge in [0.25, 0.3) is 0 Å². The molecule has 0 aromatic carbocycles. The third-order valence-corrected chi connectivity index (χ3v) is 8.44. The molecule has 0 aliphatic heterocycles. The van der Waals surface area contributed by atoms with Crippen LogP contribution in [-0.2, 0) is 4.79 Å². The summed E-state index contributed by atoms with van der Waals surface area (Å²) in [6.07, 6.45) is 10.4. The molecule has 8 atom stereocenters. The van der Waals surface area contributed by atoms with E-state index in [9.17, 15) is 20.1 Å². The molecular weight excluding hydrogens is 364 g/mol. The van der Waals surface area contributed by atoms with Crippen molar-refractivity contribution < 1.29 is 20.1 Å². The molecule has 4 rings (SSSR count). The van der Waals surface area contributed by atoms with Crippen molar-refractivity contribution in [1.82, 2.24) is 0 Å². The molecule has 0 spiro atoms. The smallest absolute Gasteiger partial charge is 0.159 e. The number of fused-ring (bicyclic) bond motifs is 6. The second-order valence-electron chi connectivity index (χ2n) is 10.3. The van der Waals surface area contributed by atoms with Crippen molar-refractivity contribution in [1.29, 1.82) is 0 Å². The number of hydrogen-bond donors (Lipinski definition) is 3. The zero-order chi connectivity index (χ0) is 20.9. The number of allylic oxidation sites excluding steroid dienone is 4. The molecular formula is C25H36O4. The van der Waals surface area contributed by atoms with Gasteiger partial charge in [-0.2, -0.15) is 0 Å². The van der Waals surface area contributed by atoms with Crippen molar-refractivity contribution in [2.75, 3.05) is 0 Å². The van der Waals surface area contributed by atoms with E-state index >= 15 is 0 Å². The number of ketones is 1. The maximum Gasteiger partial charge on any atom is 0.159 e. The fraction of sp³-hybridized carbons (Fsp3) is 0.720. The van der Waals surface area contributed by atoms with Crippen LogP contribution >= 0.6 is 0 Å². The fourth-order valence-electron chi connectivity index (χ4n) is 6.82. The van der Waals surface area contributed by atoms with Gasteiger partial charge in [0.05, 0.1) is 18.3 Å². The second kappa shape index (κ2) is 7.79. The maximum atomic E-state index is 13.0. The normalized spacial score (nSPS) is 42.1. The van der Waals surface area contributed by atoms with Gasteiger partial charge in [-0.05, 0) is 82.1 Å². The molecule has 0 unspecified atom stereocenters. The van der Waals surface area contributed by atoms with Gasteiger partial charge < -0.3 is 15.3 Å². The summed E-state index contributed by atoms with van der Waals surface area (Å²) in [4.78, 5) is 13.0. The zero-order valence-corrected chi connectivity index (χ0v) is 18.0. The minimum atomic E-state index is -0.827. The fourth-order valence-corrected chi connectivity index (χ4v) is 6.82. The van der Waals surface area contributed by atoms with Crippen LogP contribution in [0.2, 0.25) is 0 Å². The summed E-state index contributed by atoms with van der Waals surface area (Å²) in [5.41, 5.74) is 3.97. The van der Waals surface area contributed by atoms with E-state index in [1.807, 2.05) is 12.2 Å². The van der Waals surface area contributed by atoms with Crippen LogP contribution in [0, 0.1) is 29.1 Å². The number of rotatable bonds is 3. The molecule has 4 aliphatic rings. The van der Waals surface area contributed by atoms with Gasteiger partial charge in [-0.3, -0.25) is 4.79 Å². The van der Waals surface area contributed by atoms with E-state index in [4.69, 9.17) is 0 Å². The minimum Gasteiger partial charge on any atom is -0.393 e. The molecule has 4 heteroatoms. The summed E-state index contributed by atoms with van der Waals surface area (Å²) in [7, 11) is 0. The largest absolute Gasteiger partial charge is 0.393 e. The average molecular weight is 401 g/mol. The Morgan fingerprint density at radius 2 is 2.03 bits per heavy atom. The molecule has 0 amide bonds. The molecule has 29 heavy (non-hydrogen) atoms. The first-order valence-corrected chi connectivity index (χ1v) is 11.4. The lowest BCUT2D eigenvalue weighted by Gasteiger charge is -2.46. The molecule has 4 aliphatic carbocycles. The van der Waals surface area contributed by atoms with E-state index in [1.165, 1.54) is 16.7 Å². The number of aliphatic hydroxyl groups excluding tert-OH is 3. The first-order chi connectivity index (χ1) is 13.7. The predicted octanol–water partition coefficient (Wildman–Crippen LogP) is 3.71. The Morgan fingerprint density at radius 1 is 1.28 bits per heavy atom. The Balaban J connectivity index is 1.66. The minimum absolute atomic E-state index is 0.0665. The molecule has 4 nitrogen and oxygen atoms in total.